The predicted octanol–water partition coefficient (Wildman–Crippen LogP) is 3.87. The van der Waals surface area contributed by atoms with Gasteiger partial charge in [0.2, 0.25) is 0 Å². The number of anilines is 1. The third-order valence-corrected chi connectivity index (χ3v) is 5.16. The molecule has 0 amide bonds. The van der Waals surface area contributed by atoms with E-state index in [4.69, 9.17) is 0 Å². The normalized spacial score (nSPS) is 14.9. The number of carbonyl (C=O) groups is 1. The Bertz CT molecular complexity index is 945. The zero-order chi connectivity index (χ0) is 19.5. The van der Waals surface area contributed by atoms with Crippen molar-refractivity contribution in [3.8, 4) is 11.3 Å². The van der Waals surface area contributed by atoms with Gasteiger partial charge in [-0.25, -0.2) is 4.39 Å². The standard InChI is InChI=1S/C23H22FN3O/c1-26-12-14-27(15-13-26)21-9-4-18(5-10-21)23(28)19-6-11-22(25-16-19)17-2-7-20(24)8-3-17/h2-11,16H,12-15H2,1H3. The topological polar surface area (TPSA) is 36.4 Å². The lowest BCUT2D eigenvalue weighted by Gasteiger charge is -2.34. The van der Waals surface area contributed by atoms with Gasteiger partial charge in [-0.1, -0.05) is 0 Å². The van der Waals surface area contributed by atoms with Gasteiger partial charge in [-0.05, 0) is 67.7 Å². The number of pyridine rings is 1. The number of hydrogen-bond acceptors (Lipinski definition) is 4. The third-order valence-electron chi connectivity index (χ3n) is 5.16. The Kier molecular flexibility index (Phi) is 5.17. The molecular formula is C23H22FN3O. The van der Waals surface area contributed by atoms with Gasteiger partial charge in [0.05, 0.1) is 5.69 Å². The van der Waals surface area contributed by atoms with E-state index in [-0.39, 0.29) is 11.6 Å². The van der Waals surface area contributed by atoms with Gasteiger partial charge in [-0.15, -0.1) is 0 Å². The van der Waals surface area contributed by atoms with Crippen molar-refractivity contribution in [3.63, 3.8) is 0 Å². The lowest BCUT2D eigenvalue weighted by atomic mass is 10.0. The van der Waals surface area contributed by atoms with Crippen LogP contribution in [-0.2, 0) is 0 Å². The highest BCUT2D eigenvalue weighted by Gasteiger charge is 2.15. The average Bonchev–Trinajstić information content (AvgIpc) is 2.75. The van der Waals surface area contributed by atoms with Crippen LogP contribution in [0.5, 0.6) is 0 Å². The summed E-state index contributed by atoms with van der Waals surface area (Å²) in [5.74, 6) is -0.335. The average molecular weight is 375 g/mol. The maximum Gasteiger partial charge on any atom is 0.194 e. The van der Waals surface area contributed by atoms with E-state index in [0.717, 1.165) is 37.4 Å². The van der Waals surface area contributed by atoms with Gasteiger partial charge in [-0.3, -0.25) is 9.78 Å². The van der Waals surface area contributed by atoms with Crippen LogP contribution in [0.25, 0.3) is 11.3 Å². The summed E-state index contributed by atoms with van der Waals surface area (Å²) in [6, 6.07) is 17.5. The number of carbonyl (C=O) groups excluding carboxylic acids is 1. The molecule has 0 bridgehead atoms. The van der Waals surface area contributed by atoms with Gasteiger partial charge in [0.15, 0.2) is 5.78 Å². The molecule has 3 aromatic rings. The summed E-state index contributed by atoms with van der Waals surface area (Å²) in [4.78, 5) is 21.8. The largest absolute Gasteiger partial charge is 0.369 e. The van der Waals surface area contributed by atoms with Crippen molar-refractivity contribution in [2.24, 2.45) is 0 Å². The van der Waals surface area contributed by atoms with E-state index in [1.807, 2.05) is 24.3 Å². The van der Waals surface area contributed by atoms with Crippen molar-refractivity contribution in [1.29, 1.82) is 0 Å². The molecule has 2 aromatic carbocycles. The van der Waals surface area contributed by atoms with E-state index in [2.05, 4.69) is 21.8 Å². The first-order valence-corrected chi connectivity index (χ1v) is 9.40. The second kappa shape index (κ2) is 7.90. The molecular weight excluding hydrogens is 353 g/mol. The fourth-order valence-electron chi connectivity index (χ4n) is 3.37. The molecule has 4 nitrogen and oxygen atoms in total. The number of nitrogens with zero attached hydrogens (tertiary/aromatic N) is 3. The minimum Gasteiger partial charge on any atom is -0.369 e. The molecule has 1 aliphatic rings. The van der Waals surface area contributed by atoms with Crippen molar-refractivity contribution in [2.75, 3.05) is 38.1 Å². The molecule has 0 N–H and O–H groups in total. The molecule has 142 valence electrons. The maximum absolute atomic E-state index is 13.1. The number of likely N-dealkylation sites (N-methyl/N-ethyl adjacent to an activating group) is 1. The second-order valence-electron chi connectivity index (χ2n) is 7.11. The fraction of sp³-hybridized carbons (Fsp3) is 0.217. The van der Waals surface area contributed by atoms with Crippen molar-refractivity contribution in [3.05, 3.63) is 83.8 Å². The molecule has 4 rings (SSSR count). The monoisotopic (exact) mass is 375 g/mol. The third kappa shape index (κ3) is 3.94. The van der Waals surface area contributed by atoms with Gasteiger partial charge < -0.3 is 9.80 Å². The van der Waals surface area contributed by atoms with Crippen molar-refractivity contribution < 1.29 is 9.18 Å². The molecule has 0 spiro atoms. The Morgan fingerprint density at radius 1 is 0.857 bits per heavy atom. The van der Waals surface area contributed by atoms with Crippen molar-refractivity contribution in [1.82, 2.24) is 9.88 Å². The van der Waals surface area contributed by atoms with E-state index in [0.29, 0.717) is 16.8 Å². The fourth-order valence-corrected chi connectivity index (χ4v) is 3.37. The summed E-state index contributed by atoms with van der Waals surface area (Å²) in [6.07, 6.45) is 1.58. The summed E-state index contributed by atoms with van der Waals surface area (Å²) in [6.45, 7) is 4.09. The minimum absolute atomic E-state index is 0.0527. The molecule has 0 radical (unpaired) electrons. The predicted molar refractivity (Wildman–Crippen MR) is 109 cm³/mol. The molecule has 0 aliphatic carbocycles. The second-order valence-corrected chi connectivity index (χ2v) is 7.11. The van der Waals surface area contributed by atoms with E-state index >= 15 is 0 Å². The molecule has 2 heterocycles. The summed E-state index contributed by atoms with van der Waals surface area (Å²) in [7, 11) is 2.13. The zero-order valence-corrected chi connectivity index (χ0v) is 15.8. The molecule has 0 atom stereocenters. The first-order chi connectivity index (χ1) is 13.6. The van der Waals surface area contributed by atoms with Crippen LogP contribution in [0.2, 0.25) is 0 Å². The molecule has 28 heavy (non-hydrogen) atoms. The van der Waals surface area contributed by atoms with Gasteiger partial charge in [-0.2, -0.15) is 0 Å². The number of rotatable bonds is 4. The Balaban J connectivity index is 1.47. The highest BCUT2D eigenvalue weighted by molar-refractivity contribution is 6.09. The summed E-state index contributed by atoms with van der Waals surface area (Å²) >= 11 is 0. The van der Waals surface area contributed by atoms with Gasteiger partial charge in [0.1, 0.15) is 5.82 Å². The number of halogens is 1. The zero-order valence-electron chi connectivity index (χ0n) is 15.8. The molecule has 5 heteroatoms. The number of ketones is 1. The summed E-state index contributed by atoms with van der Waals surface area (Å²) in [5, 5.41) is 0. The lowest BCUT2D eigenvalue weighted by molar-refractivity contribution is 0.103. The molecule has 1 aliphatic heterocycles. The van der Waals surface area contributed by atoms with Crippen LogP contribution in [0.3, 0.4) is 0 Å². The molecule has 0 saturated carbocycles. The van der Waals surface area contributed by atoms with Crippen LogP contribution < -0.4 is 4.90 Å². The highest BCUT2D eigenvalue weighted by Crippen LogP contribution is 2.21. The van der Waals surface area contributed by atoms with Crippen LogP contribution in [-0.4, -0.2) is 48.9 Å². The smallest absolute Gasteiger partial charge is 0.194 e. The quantitative estimate of drug-likeness (QED) is 0.649. The first-order valence-electron chi connectivity index (χ1n) is 9.40. The Labute approximate surface area is 164 Å². The number of hydrogen-bond donors (Lipinski definition) is 0. The SMILES string of the molecule is CN1CCN(c2ccc(C(=O)c3ccc(-c4ccc(F)cc4)nc3)cc2)CC1. The van der Waals surface area contributed by atoms with Gasteiger partial charge in [0.25, 0.3) is 0 Å². The Morgan fingerprint density at radius 3 is 2.11 bits per heavy atom. The molecule has 1 aromatic heterocycles. The molecule has 0 unspecified atom stereocenters. The van der Waals surface area contributed by atoms with E-state index in [9.17, 15) is 9.18 Å². The van der Waals surface area contributed by atoms with Crippen LogP contribution in [0.4, 0.5) is 10.1 Å². The van der Waals surface area contributed by atoms with E-state index in [1.165, 1.54) is 12.1 Å². The minimum atomic E-state index is -0.282. The van der Waals surface area contributed by atoms with E-state index in [1.54, 1.807) is 30.5 Å². The first kappa shape index (κ1) is 18.3. The van der Waals surface area contributed by atoms with Crippen LogP contribution in [0.15, 0.2) is 66.9 Å². The van der Waals surface area contributed by atoms with Crippen LogP contribution >= 0.6 is 0 Å². The Morgan fingerprint density at radius 2 is 1.50 bits per heavy atom. The number of benzene rings is 2. The van der Waals surface area contributed by atoms with E-state index < -0.39 is 0 Å². The lowest BCUT2D eigenvalue weighted by Crippen LogP contribution is -2.44. The van der Waals surface area contributed by atoms with Gasteiger partial charge >= 0.3 is 0 Å². The van der Waals surface area contributed by atoms with Gasteiger partial charge in [0, 0.05) is 54.8 Å². The summed E-state index contributed by atoms with van der Waals surface area (Å²) < 4.78 is 13.1. The van der Waals surface area contributed by atoms with Crippen LogP contribution in [0, 0.1) is 5.82 Å². The Hall–Kier alpha value is -3.05. The molecule has 1 saturated heterocycles. The van der Waals surface area contributed by atoms with Crippen molar-refractivity contribution in [2.45, 2.75) is 0 Å². The van der Waals surface area contributed by atoms with Crippen molar-refractivity contribution >= 4 is 11.5 Å². The number of piperazine rings is 1. The van der Waals surface area contributed by atoms with Crippen LogP contribution in [0.1, 0.15) is 15.9 Å². The highest BCUT2D eigenvalue weighted by atomic mass is 19.1. The summed E-state index contributed by atoms with van der Waals surface area (Å²) in [5.41, 5.74) is 3.86. The maximum atomic E-state index is 13.1. The number of aromatic nitrogens is 1. The molecule has 1 fully saturated rings.